The van der Waals surface area contributed by atoms with Gasteiger partial charge in [-0.25, -0.2) is 4.68 Å². The second-order valence-electron chi connectivity index (χ2n) is 3.54. The highest BCUT2D eigenvalue weighted by Gasteiger charge is 2.10. The van der Waals surface area contributed by atoms with Crippen molar-refractivity contribution in [1.29, 1.82) is 0 Å². The molecule has 0 radical (unpaired) electrons. The summed E-state index contributed by atoms with van der Waals surface area (Å²) in [5.74, 6) is 0.803. The van der Waals surface area contributed by atoms with E-state index in [1.54, 1.807) is 13.3 Å². The van der Waals surface area contributed by atoms with Crippen molar-refractivity contribution in [3.8, 4) is 11.4 Å². The molecule has 1 aromatic carbocycles. The molecule has 0 saturated carbocycles. The Balaban J connectivity index is 2.54. The lowest BCUT2D eigenvalue weighted by molar-refractivity contribution is 0.411. The van der Waals surface area contributed by atoms with Gasteiger partial charge in [-0.3, -0.25) is 0 Å². The summed E-state index contributed by atoms with van der Waals surface area (Å²) < 4.78 is 7.15. The normalized spacial score (nSPS) is 10.4. The highest BCUT2D eigenvalue weighted by molar-refractivity contribution is 5.47. The molecule has 0 aliphatic carbocycles. The van der Waals surface area contributed by atoms with E-state index in [4.69, 9.17) is 10.5 Å². The molecule has 4 heteroatoms. The number of ether oxygens (including phenoxy) is 1. The zero-order chi connectivity index (χ0) is 11.5. The van der Waals surface area contributed by atoms with Crippen LogP contribution in [0.5, 0.6) is 5.75 Å². The van der Waals surface area contributed by atoms with Gasteiger partial charge < -0.3 is 10.5 Å². The molecule has 2 N–H and O–H groups in total. The number of methoxy groups -OCH3 is 1. The first-order valence-corrected chi connectivity index (χ1v) is 5.15. The minimum atomic E-state index is 0.501. The lowest BCUT2D eigenvalue weighted by Crippen LogP contribution is -2.03. The molecule has 1 heterocycles. The third kappa shape index (κ3) is 1.67. The van der Waals surface area contributed by atoms with E-state index in [1.165, 1.54) is 0 Å². The van der Waals surface area contributed by atoms with Gasteiger partial charge in [-0.2, -0.15) is 5.10 Å². The van der Waals surface area contributed by atoms with Gasteiger partial charge in [0.05, 0.1) is 13.3 Å². The molecule has 0 atom stereocenters. The monoisotopic (exact) mass is 217 g/mol. The van der Waals surface area contributed by atoms with Crippen molar-refractivity contribution in [2.24, 2.45) is 5.73 Å². The molecule has 84 valence electrons. The number of para-hydroxylation sites is 2. The third-order valence-corrected chi connectivity index (χ3v) is 2.64. The van der Waals surface area contributed by atoms with E-state index in [0.717, 1.165) is 22.7 Å². The molecule has 0 saturated heterocycles. The molecule has 2 rings (SSSR count). The van der Waals surface area contributed by atoms with Crippen molar-refractivity contribution in [2.45, 2.75) is 13.5 Å². The van der Waals surface area contributed by atoms with E-state index in [9.17, 15) is 0 Å². The predicted molar refractivity (Wildman–Crippen MR) is 62.7 cm³/mol. The van der Waals surface area contributed by atoms with Gasteiger partial charge >= 0.3 is 0 Å². The summed E-state index contributed by atoms with van der Waals surface area (Å²) in [5.41, 5.74) is 8.66. The van der Waals surface area contributed by atoms with E-state index in [1.807, 2.05) is 35.9 Å². The first kappa shape index (κ1) is 10.7. The van der Waals surface area contributed by atoms with Crippen LogP contribution in [0.25, 0.3) is 5.69 Å². The fraction of sp³-hybridized carbons (Fsp3) is 0.250. The number of nitrogens with zero attached hydrogens (tertiary/aromatic N) is 2. The number of hydrogen-bond acceptors (Lipinski definition) is 3. The Morgan fingerprint density at radius 3 is 2.75 bits per heavy atom. The average Bonchev–Trinajstić information content (AvgIpc) is 2.70. The van der Waals surface area contributed by atoms with Crippen molar-refractivity contribution >= 4 is 0 Å². The molecule has 0 aliphatic rings. The second kappa shape index (κ2) is 4.37. The maximum Gasteiger partial charge on any atom is 0.144 e. The first-order chi connectivity index (χ1) is 7.77. The van der Waals surface area contributed by atoms with Gasteiger partial charge in [0.2, 0.25) is 0 Å². The first-order valence-electron chi connectivity index (χ1n) is 5.15. The van der Waals surface area contributed by atoms with Crippen molar-refractivity contribution < 1.29 is 4.74 Å². The molecule has 0 bridgehead atoms. The Labute approximate surface area is 94.6 Å². The summed E-state index contributed by atoms with van der Waals surface area (Å²) in [7, 11) is 1.65. The van der Waals surface area contributed by atoms with Crippen LogP contribution >= 0.6 is 0 Å². The third-order valence-electron chi connectivity index (χ3n) is 2.64. The second-order valence-corrected chi connectivity index (χ2v) is 3.54. The molecular formula is C12H15N3O. The smallest absolute Gasteiger partial charge is 0.144 e. The van der Waals surface area contributed by atoms with Crippen molar-refractivity contribution in [3.05, 3.63) is 41.7 Å². The Morgan fingerprint density at radius 2 is 2.12 bits per heavy atom. The molecule has 0 aliphatic heterocycles. The van der Waals surface area contributed by atoms with Gasteiger partial charge in [-0.15, -0.1) is 0 Å². The van der Waals surface area contributed by atoms with Crippen LogP contribution in [0.3, 0.4) is 0 Å². The number of benzene rings is 1. The molecule has 0 unspecified atom stereocenters. The Morgan fingerprint density at radius 1 is 1.38 bits per heavy atom. The van der Waals surface area contributed by atoms with Crippen LogP contribution in [0.15, 0.2) is 30.5 Å². The Bertz CT molecular complexity index is 491. The topological polar surface area (TPSA) is 53.1 Å². The quantitative estimate of drug-likeness (QED) is 0.850. The van der Waals surface area contributed by atoms with Gasteiger partial charge in [0.25, 0.3) is 0 Å². The number of aromatic nitrogens is 2. The molecule has 16 heavy (non-hydrogen) atoms. The Hall–Kier alpha value is -1.81. The predicted octanol–water partition coefficient (Wildman–Crippen LogP) is 1.65. The molecule has 0 amide bonds. The number of hydrogen-bond donors (Lipinski definition) is 1. The highest BCUT2D eigenvalue weighted by Crippen LogP contribution is 2.23. The largest absolute Gasteiger partial charge is 0.494 e. The maximum absolute atomic E-state index is 5.63. The van der Waals surface area contributed by atoms with Crippen LogP contribution in [0.2, 0.25) is 0 Å². The summed E-state index contributed by atoms with van der Waals surface area (Å²) in [6.45, 7) is 2.50. The summed E-state index contributed by atoms with van der Waals surface area (Å²) in [6.07, 6.45) is 1.79. The fourth-order valence-electron chi connectivity index (χ4n) is 1.69. The van der Waals surface area contributed by atoms with Gasteiger partial charge in [0.1, 0.15) is 11.4 Å². The fourth-order valence-corrected chi connectivity index (χ4v) is 1.69. The zero-order valence-electron chi connectivity index (χ0n) is 9.47. The van der Waals surface area contributed by atoms with E-state index < -0.39 is 0 Å². The molecule has 0 spiro atoms. The maximum atomic E-state index is 5.63. The number of rotatable bonds is 3. The lowest BCUT2D eigenvalue weighted by Gasteiger charge is -2.09. The van der Waals surface area contributed by atoms with Crippen molar-refractivity contribution in [3.63, 3.8) is 0 Å². The van der Waals surface area contributed by atoms with Crippen molar-refractivity contribution in [2.75, 3.05) is 7.11 Å². The summed E-state index contributed by atoms with van der Waals surface area (Å²) in [4.78, 5) is 0. The van der Waals surface area contributed by atoms with Gasteiger partial charge in [0.15, 0.2) is 0 Å². The Kier molecular flexibility index (Phi) is 2.92. The average molecular weight is 217 g/mol. The SMILES string of the molecule is COc1ccccc1-n1ncc(CN)c1C. The van der Waals surface area contributed by atoms with E-state index in [2.05, 4.69) is 5.10 Å². The van der Waals surface area contributed by atoms with Crippen molar-refractivity contribution in [1.82, 2.24) is 9.78 Å². The van der Waals surface area contributed by atoms with Crippen LogP contribution in [-0.2, 0) is 6.54 Å². The number of nitrogens with two attached hydrogens (primary N) is 1. The van der Waals surface area contributed by atoms with E-state index in [-0.39, 0.29) is 0 Å². The zero-order valence-corrected chi connectivity index (χ0v) is 9.47. The van der Waals surface area contributed by atoms with E-state index in [0.29, 0.717) is 6.54 Å². The highest BCUT2D eigenvalue weighted by atomic mass is 16.5. The van der Waals surface area contributed by atoms with Crippen LogP contribution in [0.4, 0.5) is 0 Å². The van der Waals surface area contributed by atoms with Crippen LogP contribution in [-0.4, -0.2) is 16.9 Å². The van der Waals surface area contributed by atoms with E-state index >= 15 is 0 Å². The molecule has 0 fully saturated rings. The minimum Gasteiger partial charge on any atom is -0.494 e. The molecule has 4 nitrogen and oxygen atoms in total. The standard InChI is InChI=1S/C12H15N3O/c1-9-10(7-13)8-14-15(9)11-5-3-4-6-12(11)16-2/h3-6,8H,7,13H2,1-2H3. The lowest BCUT2D eigenvalue weighted by atomic mass is 10.2. The minimum absolute atomic E-state index is 0.501. The van der Waals surface area contributed by atoms with Crippen LogP contribution in [0.1, 0.15) is 11.3 Å². The van der Waals surface area contributed by atoms with Gasteiger partial charge in [-0.1, -0.05) is 12.1 Å². The summed E-state index contributed by atoms with van der Waals surface area (Å²) >= 11 is 0. The molecular weight excluding hydrogens is 202 g/mol. The molecule has 2 aromatic rings. The van der Waals surface area contributed by atoms with Gasteiger partial charge in [0, 0.05) is 17.8 Å². The van der Waals surface area contributed by atoms with Crippen LogP contribution in [0, 0.1) is 6.92 Å². The van der Waals surface area contributed by atoms with Gasteiger partial charge in [-0.05, 0) is 19.1 Å². The van der Waals surface area contributed by atoms with Crippen LogP contribution < -0.4 is 10.5 Å². The summed E-state index contributed by atoms with van der Waals surface area (Å²) in [5, 5.41) is 4.32. The molecule has 1 aromatic heterocycles. The summed E-state index contributed by atoms with van der Waals surface area (Å²) in [6, 6.07) is 7.78.